The number of fused-ring (bicyclic) bond motifs is 2. The molecule has 3 saturated heterocycles. The van der Waals surface area contributed by atoms with Crippen LogP contribution in [0.5, 0.6) is 0 Å². The van der Waals surface area contributed by atoms with Crippen molar-refractivity contribution in [3.05, 3.63) is 41.6 Å². The molecule has 1 saturated carbocycles. The molecule has 0 N–H and O–H groups in total. The highest BCUT2D eigenvalue weighted by Crippen LogP contribution is 2.39. The molecule has 6 nitrogen and oxygen atoms in total. The smallest absolute Gasteiger partial charge is 0.230 e. The van der Waals surface area contributed by atoms with Crippen LogP contribution in [0.3, 0.4) is 0 Å². The van der Waals surface area contributed by atoms with Gasteiger partial charge in [-0.2, -0.15) is 0 Å². The minimum atomic E-state index is -0.216. The van der Waals surface area contributed by atoms with E-state index in [4.69, 9.17) is 4.42 Å². The predicted octanol–water partition coefficient (Wildman–Crippen LogP) is 1.94. The van der Waals surface area contributed by atoms with Gasteiger partial charge >= 0.3 is 0 Å². The lowest BCUT2D eigenvalue weighted by molar-refractivity contribution is -0.0818. The summed E-state index contributed by atoms with van der Waals surface area (Å²) in [6, 6.07) is 4.10. The molecule has 2 aromatic heterocycles. The molecular formula is C17H20FN5O. The molecule has 126 valence electrons. The van der Waals surface area contributed by atoms with Crippen LogP contribution in [0.25, 0.3) is 0 Å². The second-order valence-corrected chi connectivity index (χ2v) is 7.15. The Kier molecular flexibility index (Phi) is 3.38. The van der Waals surface area contributed by atoms with Crippen LogP contribution in [0.15, 0.2) is 22.7 Å². The van der Waals surface area contributed by atoms with Gasteiger partial charge in [0, 0.05) is 43.8 Å². The Morgan fingerprint density at radius 3 is 2.75 bits per heavy atom. The first-order chi connectivity index (χ1) is 11.8. The van der Waals surface area contributed by atoms with E-state index < -0.39 is 0 Å². The average molecular weight is 329 g/mol. The molecule has 24 heavy (non-hydrogen) atoms. The van der Waals surface area contributed by atoms with E-state index in [1.807, 2.05) is 0 Å². The minimum Gasteiger partial charge on any atom is -0.424 e. The van der Waals surface area contributed by atoms with Gasteiger partial charge in [-0.05, 0) is 31.4 Å². The van der Waals surface area contributed by atoms with Gasteiger partial charge in [0.1, 0.15) is 5.82 Å². The lowest BCUT2D eigenvalue weighted by Gasteiger charge is -2.56. The van der Waals surface area contributed by atoms with E-state index >= 15 is 0 Å². The fourth-order valence-corrected chi connectivity index (χ4v) is 3.89. The fourth-order valence-electron chi connectivity index (χ4n) is 3.89. The van der Waals surface area contributed by atoms with E-state index in [0.717, 1.165) is 31.4 Å². The fraction of sp³-hybridized carbons (Fsp3) is 0.588. The van der Waals surface area contributed by atoms with E-state index in [9.17, 15) is 4.39 Å². The third-order valence-electron chi connectivity index (χ3n) is 5.36. The van der Waals surface area contributed by atoms with Gasteiger partial charge in [0.25, 0.3) is 0 Å². The van der Waals surface area contributed by atoms with Crippen LogP contribution >= 0.6 is 0 Å². The van der Waals surface area contributed by atoms with Crippen molar-refractivity contribution in [1.82, 2.24) is 25.0 Å². The molecule has 4 aliphatic rings. The first kappa shape index (κ1) is 14.5. The lowest BCUT2D eigenvalue weighted by atomic mass is 9.87. The number of pyridine rings is 1. The van der Waals surface area contributed by atoms with Crippen LogP contribution in [0, 0.1) is 5.82 Å². The summed E-state index contributed by atoms with van der Waals surface area (Å²) >= 11 is 0. The van der Waals surface area contributed by atoms with Crippen molar-refractivity contribution in [2.45, 2.75) is 50.4 Å². The van der Waals surface area contributed by atoms with E-state index in [1.54, 1.807) is 12.3 Å². The third-order valence-corrected chi connectivity index (χ3v) is 5.36. The number of nitrogens with zero attached hydrogens (tertiary/aromatic N) is 5. The molecule has 5 heterocycles. The Balaban J connectivity index is 1.20. The van der Waals surface area contributed by atoms with Crippen LogP contribution in [0.1, 0.15) is 42.7 Å². The highest BCUT2D eigenvalue weighted by Gasteiger charge is 2.45. The monoisotopic (exact) mass is 329 g/mol. The summed E-state index contributed by atoms with van der Waals surface area (Å²) < 4.78 is 19.5. The molecule has 2 unspecified atom stereocenters. The molecule has 0 aromatic carbocycles. The number of halogens is 1. The van der Waals surface area contributed by atoms with Gasteiger partial charge in [0.15, 0.2) is 0 Å². The molecule has 0 radical (unpaired) electrons. The Labute approximate surface area is 139 Å². The standard InChI is InChI=1S/C17H20FN5O/c18-14-2-1-5-19-15(14)9-22-7-12-6-13(8-22)23(12)10-16-20-21-17(24-16)11-3-4-11/h1-2,5,11-13H,3-4,6-10H2. The molecule has 2 bridgehead atoms. The maximum atomic E-state index is 13.8. The predicted molar refractivity (Wildman–Crippen MR) is 83.5 cm³/mol. The molecule has 4 fully saturated rings. The van der Waals surface area contributed by atoms with Gasteiger partial charge in [0.05, 0.1) is 12.2 Å². The summed E-state index contributed by atoms with van der Waals surface area (Å²) in [5, 5.41) is 8.35. The van der Waals surface area contributed by atoms with Crippen molar-refractivity contribution in [2.75, 3.05) is 13.1 Å². The second-order valence-electron chi connectivity index (χ2n) is 7.15. The summed E-state index contributed by atoms with van der Waals surface area (Å²) in [6.45, 7) is 3.20. The molecule has 1 aliphatic carbocycles. The average Bonchev–Trinajstić information content (AvgIpc) is 3.34. The third kappa shape index (κ3) is 2.61. The Morgan fingerprint density at radius 2 is 2.00 bits per heavy atom. The van der Waals surface area contributed by atoms with Crippen molar-refractivity contribution in [2.24, 2.45) is 0 Å². The van der Waals surface area contributed by atoms with E-state index in [1.165, 1.54) is 25.3 Å². The molecule has 6 rings (SSSR count). The van der Waals surface area contributed by atoms with Crippen LogP contribution in [-0.2, 0) is 13.1 Å². The highest BCUT2D eigenvalue weighted by molar-refractivity contribution is 5.09. The maximum Gasteiger partial charge on any atom is 0.230 e. The number of piperidine rings is 1. The SMILES string of the molecule is Fc1cccnc1CN1CC2CC(C1)N2Cc1nnc(C2CC2)o1. The molecule has 0 spiro atoms. The largest absolute Gasteiger partial charge is 0.424 e. The molecule has 0 amide bonds. The zero-order valence-corrected chi connectivity index (χ0v) is 13.4. The Bertz CT molecular complexity index is 734. The summed E-state index contributed by atoms with van der Waals surface area (Å²) in [5.74, 6) is 1.83. The van der Waals surface area contributed by atoms with E-state index in [0.29, 0.717) is 30.2 Å². The Hall–Kier alpha value is -1.86. The number of hydrogen-bond acceptors (Lipinski definition) is 6. The van der Waals surface area contributed by atoms with Crippen molar-refractivity contribution >= 4 is 0 Å². The topological polar surface area (TPSA) is 58.3 Å². The molecule has 2 aromatic rings. The van der Waals surface area contributed by atoms with Crippen molar-refractivity contribution in [1.29, 1.82) is 0 Å². The van der Waals surface area contributed by atoms with Crippen LogP contribution in [-0.4, -0.2) is 50.2 Å². The lowest BCUT2D eigenvalue weighted by Crippen LogP contribution is -2.67. The van der Waals surface area contributed by atoms with Gasteiger partial charge in [0.2, 0.25) is 11.8 Å². The summed E-state index contributed by atoms with van der Waals surface area (Å²) in [6.07, 6.45) is 5.21. The first-order valence-electron chi connectivity index (χ1n) is 8.66. The zero-order chi connectivity index (χ0) is 16.1. The summed E-state index contributed by atoms with van der Waals surface area (Å²) in [4.78, 5) is 8.90. The summed E-state index contributed by atoms with van der Waals surface area (Å²) in [5.41, 5.74) is 0.538. The van der Waals surface area contributed by atoms with Gasteiger partial charge < -0.3 is 4.42 Å². The van der Waals surface area contributed by atoms with Gasteiger partial charge in [-0.3, -0.25) is 14.8 Å². The van der Waals surface area contributed by atoms with Gasteiger partial charge in [-0.15, -0.1) is 10.2 Å². The molecule has 3 aliphatic heterocycles. The van der Waals surface area contributed by atoms with Gasteiger partial charge in [-0.1, -0.05) is 0 Å². The zero-order valence-electron chi connectivity index (χ0n) is 13.4. The number of aromatic nitrogens is 3. The Morgan fingerprint density at radius 1 is 1.17 bits per heavy atom. The first-order valence-corrected chi connectivity index (χ1v) is 8.66. The molecule has 7 heteroatoms. The van der Waals surface area contributed by atoms with Crippen molar-refractivity contribution < 1.29 is 8.81 Å². The van der Waals surface area contributed by atoms with Crippen LogP contribution < -0.4 is 0 Å². The van der Waals surface area contributed by atoms with Crippen LogP contribution in [0.4, 0.5) is 4.39 Å². The van der Waals surface area contributed by atoms with E-state index in [-0.39, 0.29) is 5.82 Å². The highest BCUT2D eigenvalue weighted by atomic mass is 19.1. The van der Waals surface area contributed by atoms with Crippen molar-refractivity contribution in [3.63, 3.8) is 0 Å². The van der Waals surface area contributed by atoms with Gasteiger partial charge in [-0.25, -0.2) is 4.39 Å². The maximum absolute atomic E-state index is 13.8. The molecule has 2 atom stereocenters. The number of rotatable bonds is 5. The normalized spacial score (nSPS) is 27.2. The minimum absolute atomic E-state index is 0.216. The van der Waals surface area contributed by atoms with E-state index in [2.05, 4.69) is 25.0 Å². The number of hydrogen-bond donors (Lipinski definition) is 0. The summed E-state index contributed by atoms with van der Waals surface area (Å²) in [7, 11) is 0. The number of piperazine rings is 1. The molecular weight excluding hydrogens is 309 g/mol. The van der Waals surface area contributed by atoms with Crippen LogP contribution in [0.2, 0.25) is 0 Å². The quantitative estimate of drug-likeness (QED) is 0.835. The van der Waals surface area contributed by atoms with Crippen molar-refractivity contribution in [3.8, 4) is 0 Å². The second kappa shape index (κ2) is 5.60.